The van der Waals surface area contributed by atoms with E-state index in [1.807, 2.05) is 13.8 Å². The maximum absolute atomic E-state index is 13.7. The molecule has 0 aliphatic heterocycles. The molecule has 0 heterocycles. The summed E-state index contributed by atoms with van der Waals surface area (Å²) in [6.07, 6.45) is 0. The summed E-state index contributed by atoms with van der Waals surface area (Å²) in [5.74, 6) is -2.43. The summed E-state index contributed by atoms with van der Waals surface area (Å²) >= 11 is 3.22. The molecular formula is C12H16BrF2N. The van der Waals surface area contributed by atoms with E-state index in [1.165, 1.54) is 12.1 Å². The van der Waals surface area contributed by atoms with Crippen molar-refractivity contribution < 1.29 is 8.78 Å². The highest BCUT2D eigenvalue weighted by Crippen LogP contribution is 2.28. The lowest BCUT2D eigenvalue weighted by atomic mass is 10.1. The Kier molecular flexibility index (Phi) is 4.87. The molecule has 4 heteroatoms. The van der Waals surface area contributed by atoms with Gasteiger partial charge in [-0.15, -0.1) is 0 Å². The standard InChI is InChI=1S/C12H16BrF2N/c1-9(2)7-16-8-12(14,15)10-3-5-11(13)6-4-10/h3-6,9,16H,7-8H2,1-2H3. The van der Waals surface area contributed by atoms with E-state index in [4.69, 9.17) is 0 Å². The second-order valence-corrected chi connectivity index (χ2v) is 5.15. The van der Waals surface area contributed by atoms with Crippen molar-refractivity contribution in [1.82, 2.24) is 5.32 Å². The zero-order valence-electron chi connectivity index (χ0n) is 9.43. The van der Waals surface area contributed by atoms with Crippen molar-refractivity contribution >= 4 is 15.9 Å². The molecule has 0 spiro atoms. The van der Waals surface area contributed by atoms with Crippen molar-refractivity contribution in [1.29, 1.82) is 0 Å². The minimum Gasteiger partial charge on any atom is -0.311 e. The van der Waals surface area contributed by atoms with Crippen LogP contribution in [0, 0.1) is 5.92 Å². The number of nitrogens with one attached hydrogen (secondary N) is 1. The zero-order valence-corrected chi connectivity index (χ0v) is 11.0. The average molecular weight is 292 g/mol. The molecule has 0 unspecified atom stereocenters. The van der Waals surface area contributed by atoms with Crippen LogP contribution in [0.5, 0.6) is 0 Å². The lowest BCUT2D eigenvalue weighted by Crippen LogP contribution is -2.32. The first-order chi connectivity index (χ1) is 7.42. The first-order valence-corrected chi connectivity index (χ1v) is 6.05. The summed E-state index contributed by atoms with van der Waals surface area (Å²) in [6, 6.07) is 6.15. The van der Waals surface area contributed by atoms with E-state index < -0.39 is 5.92 Å². The summed E-state index contributed by atoms with van der Waals surface area (Å²) in [5.41, 5.74) is 0.0481. The SMILES string of the molecule is CC(C)CNCC(F)(F)c1ccc(Br)cc1. The van der Waals surface area contributed by atoms with Gasteiger partial charge in [-0.3, -0.25) is 0 Å². The minimum atomic E-state index is -2.81. The molecule has 1 aromatic carbocycles. The molecule has 1 rings (SSSR count). The Balaban J connectivity index is 2.59. The monoisotopic (exact) mass is 291 g/mol. The molecule has 1 N–H and O–H groups in total. The predicted molar refractivity (Wildman–Crippen MR) is 65.7 cm³/mol. The highest BCUT2D eigenvalue weighted by atomic mass is 79.9. The predicted octanol–water partition coefficient (Wildman–Crippen LogP) is 3.79. The van der Waals surface area contributed by atoms with Crippen LogP contribution in [-0.2, 0) is 5.92 Å². The molecule has 90 valence electrons. The van der Waals surface area contributed by atoms with Crippen LogP contribution in [0.3, 0.4) is 0 Å². The Labute approximate surface area is 103 Å². The van der Waals surface area contributed by atoms with Crippen molar-refractivity contribution in [3.8, 4) is 0 Å². The molecule has 0 aromatic heterocycles. The molecule has 0 fully saturated rings. The minimum absolute atomic E-state index is 0.0481. The van der Waals surface area contributed by atoms with Crippen LogP contribution >= 0.6 is 15.9 Å². The molecule has 0 aliphatic carbocycles. The van der Waals surface area contributed by atoms with E-state index in [0.717, 1.165) is 4.47 Å². The van der Waals surface area contributed by atoms with Crippen molar-refractivity contribution in [2.24, 2.45) is 5.92 Å². The van der Waals surface area contributed by atoms with Gasteiger partial charge in [0.2, 0.25) is 0 Å². The third-order valence-corrected chi connectivity index (χ3v) is 2.69. The van der Waals surface area contributed by atoms with Gasteiger partial charge in [0.05, 0.1) is 6.54 Å². The number of hydrogen-bond acceptors (Lipinski definition) is 1. The van der Waals surface area contributed by atoms with Gasteiger partial charge in [-0.2, -0.15) is 8.78 Å². The van der Waals surface area contributed by atoms with Crippen LogP contribution < -0.4 is 5.32 Å². The van der Waals surface area contributed by atoms with Crippen molar-refractivity contribution in [3.63, 3.8) is 0 Å². The molecular weight excluding hydrogens is 276 g/mol. The van der Waals surface area contributed by atoms with Crippen molar-refractivity contribution in [3.05, 3.63) is 34.3 Å². The van der Waals surface area contributed by atoms with Crippen molar-refractivity contribution in [2.75, 3.05) is 13.1 Å². The Morgan fingerprint density at radius 2 is 1.81 bits per heavy atom. The molecule has 16 heavy (non-hydrogen) atoms. The first kappa shape index (κ1) is 13.6. The normalized spacial score (nSPS) is 12.1. The van der Waals surface area contributed by atoms with Crippen LogP contribution in [0.2, 0.25) is 0 Å². The summed E-state index contributed by atoms with van der Waals surface area (Å²) in [6.45, 7) is 4.27. The van der Waals surface area contributed by atoms with Gasteiger partial charge in [-0.25, -0.2) is 0 Å². The summed E-state index contributed by atoms with van der Waals surface area (Å²) in [4.78, 5) is 0. The van der Waals surface area contributed by atoms with Crippen LogP contribution in [-0.4, -0.2) is 13.1 Å². The maximum atomic E-state index is 13.7. The number of hydrogen-bond donors (Lipinski definition) is 1. The summed E-state index contributed by atoms with van der Waals surface area (Å²) in [7, 11) is 0. The van der Waals surface area contributed by atoms with E-state index in [0.29, 0.717) is 12.5 Å². The molecule has 1 aromatic rings. The topological polar surface area (TPSA) is 12.0 Å². The van der Waals surface area contributed by atoms with Gasteiger partial charge in [0.15, 0.2) is 0 Å². The molecule has 0 radical (unpaired) electrons. The van der Waals surface area contributed by atoms with E-state index in [2.05, 4.69) is 21.2 Å². The molecule has 0 amide bonds. The fourth-order valence-electron chi connectivity index (χ4n) is 1.31. The molecule has 0 saturated heterocycles. The number of rotatable bonds is 5. The van der Waals surface area contributed by atoms with Gasteiger partial charge in [0.1, 0.15) is 0 Å². The fraction of sp³-hybridized carbons (Fsp3) is 0.500. The van der Waals surface area contributed by atoms with Gasteiger partial charge in [0.25, 0.3) is 5.92 Å². The second kappa shape index (κ2) is 5.73. The molecule has 0 saturated carbocycles. The smallest absolute Gasteiger partial charge is 0.285 e. The molecule has 0 aliphatic rings. The highest BCUT2D eigenvalue weighted by Gasteiger charge is 2.30. The van der Waals surface area contributed by atoms with Crippen LogP contribution in [0.25, 0.3) is 0 Å². The number of benzene rings is 1. The lowest BCUT2D eigenvalue weighted by molar-refractivity contribution is -0.00354. The van der Waals surface area contributed by atoms with E-state index in [-0.39, 0.29) is 12.1 Å². The molecule has 0 atom stereocenters. The highest BCUT2D eigenvalue weighted by molar-refractivity contribution is 9.10. The van der Waals surface area contributed by atoms with Gasteiger partial charge in [-0.1, -0.05) is 41.9 Å². The quantitative estimate of drug-likeness (QED) is 0.870. The first-order valence-electron chi connectivity index (χ1n) is 5.26. The Bertz CT molecular complexity index is 322. The van der Waals surface area contributed by atoms with Crippen LogP contribution in [0.1, 0.15) is 19.4 Å². The molecule has 1 nitrogen and oxygen atoms in total. The largest absolute Gasteiger partial charge is 0.311 e. The summed E-state index contributed by atoms with van der Waals surface area (Å²) in [5, 5.41) is 2.78. The third kappa shape index (κ3) is 4.18. The maximum Gasteiger partial charge on any atom is 0.285 e. The zero-order chi connectivity index (χ0) is 12.2. The lowest BCUT2D eigenvalue weighted by Gasteiger charge is -2.18. The number of alkyl halides is 2. The fourth-order valence-corrected chi connectivity index (χ4v) is 1.58. The third-order valence-electron chi connectivity index (χ3n) is 2.17. The second-order valence-electron chi connectivity index (χ2n) is 4.24. The van der Waals surface area contributed by atoms with E-state index in [1.54, 1.807) is 12.1 Å². The average Bonchev–Trinajstić information content (AvgIpc) is 2.17. The summed E-state index contributed by atoms with van der Waals surface area (Å²) < 4.78 is 28.1. The Morgan fingerprint density at radius 1 is 1.25 bits per heavy atom. The van der Waals surface area contributed by atoms with Crippen LogP contribution in [0.15, 0.2) is 28.7 Å². The Hall–Kier alpha value is -0.480. The van der Waals surface area contributed by atoms with Gasteiger partial charge >= 0.3 is 0 Å². The van der Waals surface area contributed by atoms with E-state index >= 15 is 0 Å². The van der Waals surface area contributed by atoms with Gasteiger partial charge in [-0.05, 0) is 24.6 Å². The van der Waals surface area contributed by atoms with Crippen molar-refractivity contribution in [2.45, 2.75) is 19.8 Å². The van der Waals surface area contributed by atoms with Gasteiger partial charge < -0.3 is 5.32 Å². The van der Waals surface area contributed by atoms with E-state index in [9.17, 15) is 8.78 Å². The Morgan fingerprint density at radius 3 is 2.31 bits per heavy atom. The van der Waals surface area contributed by atoms with Crippen LogP contribution in [0.4, 0.5) is 8.78 Å². The molecule has 0 bridgehead atoms. The number of halogens is 3. The van der Waals surface area contributed by atoms with Gasteiger partial charge in [0, 0.05) is 10.0 Å².